The number of ether oxygens (including phenoxy) is 1. The molecule has 1 nitrogen and oxygen atoms in total. The molecule has 0 aliphatic rings. The summed E-state index contributed by atoms with van der Waals surface area (Å²) in [7, 11) is 0. The van der Waals surface area contributed by atoms with Crippen molar-refractivity contribution in [2.75, 3.05) is 0 Å². The van der Waals surface area contributed by atoms with E-state index in [1.807, 2.05) is 0 Å². The second-order valence-electron chi connectivity index (χ2n) is 3.21. The summed E-state index contributed by atoms with van der Waals surface area (Å²) in [6, 6.07) is 5.94. The third-order valence-electron chi connectivity index (χ3n) is 1.82. The molecule has 1 aromatic carbocycles. The maximum Gasteiger partial charge on any atom is 0.573 e. The first-order chi connectivity index (χ1) is 7.37. The van der Waals surface area contributed by atoms with Gasteiger partial charge in [0, 0.05) is 0 Å². The highest BCUT2D eigenvalue weighted by Gasteiger charge is 2.30. The molecule has 0 amide bonds. The molecule has 1 rings (SSSR count). The number of alkyl halides is 3. The SMILES string of the molecule is C=C(Br)CCc1cccc(OC(F)(F)F)c1. The Hall–Kier alpha value is -0.970. The van der Waals surface area contributed by atoms with Gasteiger partial charge in [-0.3, -0.25) is 0 Å². The average Bonchev–Trinajstić information content (AvgIpc) is 2.12. The summed E-state index contributed by atoms with van der Waals surface area (Å²) in [6.45, 7) is 3.66. The molecule has 0 heterocycles. The van der Waals surface area contributed by atoms with E-state index in [1.165, 1.54) is 18.2 Å². The van der Waals surface area contributed by atoms with Crippen LogP contribution in [0.2, 0.25) is 0 Å². The molecule has 0 radical (unpaired) electrons. The molecule has 0 saturated carbocycles. The molecule has 0 aromatic heterocycles. The minimum absolute atomic E-state index is 0.190. The van der Waals surface area contributed by atoms with E-state index in [0.717, 1.165) is 10.0 Å². The molecule has 0 fully saturated rings. The zero-order valence-electron chi connectivity index (χ0n) is 8.35. The summed E-state index contributed by atoms with van der Waals surface area (Å²) in [5.41, 5.74) is 0.780. The number of hydrogen-bond acceptors (Lipinski definition) is 1. The highest BCUT2D eigenvalue weighted by Crippen LogP contribution is 2.24. The number of rotatable bonds is 4. The van der Waals surface area contributed by atoms with Gasteiger partial charge in [-0.2, -0.15) is 0 Å². The molecule has 0 aliphatic heterocycles. The first-order valence-corrected chi connectivity index (χ1v) is 5.34. The largest absolute Gasteiger partial charge is 0.573 e. The van der Waals surface area contributed by atoms with Gasteiger partial charge >= 0.3 is 6.36 Å². The standard InChI is InChI=1S/C11H10BrF3O/c1-8(12)5-6-9-3-2-4-10(7-9)16-11(13,14)15/h2-4,7H,1,5-6H2. The van der Waals surface area contributed by atoms with Crippen LogP contribution in [0, 0.1) is 0 Å². The number of aryl methyl sites for hydroxylation is 1. The lowest BCUT2D eigenvalue weighted by Gasteiger charge is -2.09. The van der Waals surface area contributed by atoms with Gasteiger partial charge in [-0.15, -0.1) is 13.2 Å². The van der Waals surface area contributed by atoms with Gasteiger partial charge in [0.15, 0.2) is 0 Å². The fraction of sp³-hybridized carbons (Fsp3) is 0.273. The van der Waals surface area contributed by atoms with Crippen LogP contribution < -0.4 is 4.74 Å². The molecule has 0 spiro atoms. The Balaban J connectivity index is 2.67. The minimum atomic E-state index is -4.64. The van der Waals surface area contributed by atoms with Crippen molar-refractivity contribution >= 4 is 15.9 Å². The second kappa shape index (κ2) is 5.39. The first kappa shape index (κ1) is 13.1. The summed E-state index contributed by atoms with van der Waals surface area (Å²) < 4.78 is 40.5. The smallest absolute Gasteiger partial charge is 0.406 e. The Kier molecular flexibility index (Phi) is 4.41. The van der Waals surface area contributed by atoms with E-state index in [4.69, 9.17) is 0 Å². The summed E-state index contributed by atoms with van der Waals surface area (Å²) in [5.74, 6) is -0.190. The molecule has 0 N–H and O–H groups in total. The first-order valence-electron chi connectivity index (χ1n) is 4.55. The van der Waals surface area contributed by atoms with Crippen molar-refractivity contribution in [3.05, 3.63) is 40.9 Å². The second-order valence-corrected chi connectivity index (χ2v) is 4.33. The van der Waals surface area contributed by atoms with Gasteiger partial charge in [-0.25, -0.2) is 0 Å². The maximum atomic E-state index is 11.9. The zero-order chi connectivity index (χ0) is 12.2. The van der Waals surface area contributed by atoms with E-state index in [9.17, 15) is 13.2 Å². The van der Waals surface area contributed by atoms with Crippen molar-refractivity contribution in [2.45, 2.75) is 19.2 Å². The van der Waals surface area contributed by atoms with Crippen molar-refractivity contribution in [1.82, 2.24) is 0 Å². The summed E-state index contributed by atoms with van der Waals surface area (Å²) in [6.07, 6.45) is -3.34. The van der Waals surface area contributed by atoms with Gasteiger partial charge in [0.05, 0.1) is 0 Å². The number of halogens is 4. The lowest BCUT2D eigenvalue weighted by Crippen LogP contribution is -2.17. The van der Waals surface area contributed by atoms with Crippen molar-refractivity contribution in [3.63, 3.8) is 0 Å². The minimum Gasteiger partial charge on any atom is -0.406 e. The van der Waals surface area contributed by atoms with E-state index in [2.05, 4.69) is 27.2 Å². The molecule has 16 heavy (non-hydrogen) atoms. The van der Waals surface area contributed by atoms with Crippen LogP contribution >= 0.6 is 15.9 Å². The highest BCUT2D eigenvalue weighted by molar-refractivity contribution is 9.11. The van der Waals surface area contributed by atoms with Crippen molar-refractivity contribution in [3.8, 4) is 5.75 Å². The predicted octanol–water partition coefficient (Wildman–Crippen LogP) is 4.43. The van der Waals surface area contributed by atoms with Gasteiger partial charge < -0.3 is 4.74 Å². The molecule has 0 bridgehead atoms. The van der Waals surface area contributed by atoms with Crippen LogP contribution in [0.3, 0.4) is 0 Å². The summed E-state index contributed by atoms with van der Waals surface area (Å²) in [5, 5.41) is 0. The molecule has 0 atom stereocenters. The number of benzene rings is 1. The molecule has 0 saturated heterocycles. The molecule has 88 valence electrons. The van der Waals surface area contributed by atoms with E-state index < -0.39 is 6.36 Å². The van der Waals surface area contributed by atoms with Gasteiger partial charge in [0.25, 0.3) is 0 Å². The summed E-state index contributed by atoms with van der Waals surface area (Å²) in [4.78, 5) is 0. The Morgan fingerprint density at radius 1 is 1.38 bits per heavy atom. The van der Waals surface area contributed by atoms with Crippen LogP contribution in [0.5, 0.6) is 5.75 Å². The average molecular weight is 295 g/mol. The van der Waals surface area contributed by atoms with Gasteiger partial charge in [0.2, 0.25) is 0 Å². The Morgan fingerprint density at radius 2 is 2.06 bits per heavy atom. The molecular weight excluding hydrogens is 285 g/mol. The van der Waals surface area contributed by atoms with E-state index in [-0.39, 0.29) is 5.75 Å². The van der Waals surface area contributed by atoms with Crippen molar-refractivity contribution < 1.29 is 17.9 Å². The molecule has 5 heteroatoms. The predicted molar refractivity (Wildman–Crippen MR) is 59.5 cm³/mol. The third kappa shape index (κ3) is 5.21. The van der Waals surface area contributed by atoms with E-state index in [0.29, 0.717) is 12.8 Å². The third-order valence-corrected chi connectivity index (χ3v) is 2.21. The monoisotopic (exact) mass is 294 g/mol. The summed E-state index contributed by atoms with van der Waals surface area (Å²) >= 11 is 3.19. The number of allylic oxidation sites excluding steroid dienone is 1. The van der Waals surface area contributed by atoms with Crippen LogP contribution in [-0.2, 0) is 6.42 Å². The quantitative estimate of drug-likeness (QED) is 0.798. The van der Waals surface area contributed by atoms with E-state index in [1.54, 1.807) is 6.07 Å². The lowest BCUT2D eigenvalue weighted by atomic mass is 10.1. The van der Waals surface area contributed by atoms with E-state index >= 15 is 0 Å². The van der Waals surface area contributed by atoms with Crippen molar-refractivity contribution in [2.24, 2.45) is 0 Å². The molecule has 0 unspecified atom stereocenters. The molecule has 1 aromatic rings. The van der Waals surface area contributed by atoms with Crippen LogP contribution in [-0.4, -0.2) is 6.36 Å². The molecular formula is C11H10BrF3O. The van der Waals surface area contributed by atoms with Gasteiger partial charge in [-0.05, 0) is 35.0 Å². The lowest BCUT2D eigenvalue weighted by molar-refractivity contribution is -0.274. The Morgan fingerprint density at radius 3 is 2.62 bits per heavy atom. The Labute approximate surface area is 100 Å². The zero-order valence-corrected chi connectivity index (χ0v) is 9.94. The van der Waals surface area contributed by atoms with Gasteiger partial charge in [-0.1, -0.05) is 34.6 Å². The van der Waals surface area contributed by atoms with Crippen LogP contribution in [0.15, 0.2) is 35.3 Å². The van der Waals surface area contributed by atoms with Crippen LogP contribution in [0.1, 0.15) is 12.0 Å². The van der Waals surface area contributed by atoms with Gasteiger partial charge in [0.1, 0.15) is 5.75 Å². The molecule has 0 aliphatic carbocycles. The van der Waals surface area contributed by atoms with Crippen molar-refractivity contribution in [1.29, 1.82) is 0 Å². The maximum absolute atomic E-state index is 11.9. The fourth-order valence-electron chi connectivity index (χ4n) is 1.18. The highest BCUT2D eigenvalue weighted by atomic mass is 79.9. The topological polar surface area (TPSA) is 9.23 Å². The normalized spacial score (nSPS) is 11.2. The van der Waals surface area contributed by atoms with Crippen LogP contribution in [0.4, 0.5) is 13.2 Å². The number of hydrogen-bond donors (Lipinski definition) is 0. The fourth-order valence-corrected chi connectivity index (χ4v) is 1.38. The van der Waals surface area contributed by atoms with Crippen LogP contribution in [0.25, 0.3) is 0 Å². The Bertz CT molecular complexity index is 374.